The lowest BCUT2D eigenvalue weighted by Gasteiger charge is -2.26. The van der Waals surface area contributed by atoms with E-state index in [1.165, 1.54) is 11.3 Å². The van der Waals surface area contributed by atoms with Crippen LogP contribution in [0.15, 0.2) is 22.6 Å². The maximum absolute atomic E-state index is 12.7. The number of carboxylic acids is 1. The van der Waals surface area contributed by atoms with Crippen molar-refractivity contribution < 1.29 is 19.5 Å². The van der Waals surface area contributed by atoms with Gasteiger partial charge in [-0.05, 0) is 62.5 Å². The molecule has 0 saturated heterocycles. The van der Waals surface area contributed by atoms with E-state index < -0.39 is 23.7 Å². The molecule has 0 unspecified atom stereocenters. The summed E-state index contributed by atoms with van der Waals surface area (Å²) in [5.41, 5.74) is 7.94. The van der Waals surface area contributed by atoms with Crippen LogP contribution in [-0.4, -0.2) is 22.9 Å². The van der Waals surface area contributed by atoms with Crippen molar-refractivity contribution in [2.75, 3.05) is 0 Å². The zero-order valence-corrected chi connectivity index (χ0v) is 15.3. The number of amides is 2. The molecule has 1 heterocycles. The number of carbonyl (C=O) groups excluding carboxylic acids is 2. The van der Waals surface area contributed by atoms with Crippen molar-refractivity contribution in [3.8, 4) is 0 Å². The van der Waals surface area contributed by atoms with Gasteiger partial charge in [-0.3, -0.25) is 25.2 Å². The van der Waals surface area contributed by atoms with Crippen LogP contribution in [0.2, 0.25) is 0 Å². The molecule has 0 aliphatic heterocycles. The average Bonchev–Trinajstić information content (AvgIpc) is 3.24. The number of fused-ring (bicyclic) bond motifs is 2. The third-order valence-electron chi connectivity index (χ3n) is 5.37. The fraction of sp³-hybridized carbons (Fsp3) is 0.500. The van der Waals surface area contributed by atoms with Gasteiger partial charge in [0.15, 0.2) is 0 Å². The van der Waals surface area contributed by atoms with Crippen molar-refractivity contribution in [2.45, 2.75) is 33.6 Å². The number of hydrazine groups is 1. The van der Waals surface area contributed by atoms with E-state index in [1.54, 1.807) is 0 Å². The Bertz CT molecular complexity index is 763. The van der Waals surface area contributed by atoms with Crippen LogP contribution in [0, 0.1) is 30.6 Å². The van der Waals surface area contributed by atoms with E-state index in [0.717, 1.165) is 29.6 Å². The average molecular weight is 362 g/mol. The van der Waals surface area contributed by atoms with Crippen molar-refractivity contribution in [3.63, 3.8) is 0 Å². The van der Waals surface area contributed by atoms with E-state index in [0.29, 0.717) is 4.88 Å². The third kappa shape index (κ3) is 2.97. The molecule has 2 bridgehead atoms. The SMILES string of the molecule is CC(C)=C1[C@H]2CC[C@@H]1[C@H](C(=O)NNC(=O)c1sccc1C)[C@@H]2C(=O)O. The Labute approximate surface area is 150 Å². The summed E-state index contributed by atoms with van der Waals surface area (Å²) in [5, 5.41) is 11.4. The first-order valence-corrected chi connectivity index (χ1v) is 9.25. The summed E-state index contributed by atoms with van der Waals surface area (Å²) >= 11 is 1.30. The summed E-state index contributed by atoms with van der Waals surface area (Å²) < 4.78 is 0. The van der Waals surface area contributed by atoms with Crippen LogP contribution in [0.25, 0.3) is 0 Å². The lowest BCUT2D eigenvalue weighted by atomic mass is 9.79. The van der Waals surface area contributed by atoms with Crippen LogP contribution in [0.1, 0.15) is 41.9 Å². The van der Waals surface area contributed by atoms with Gasteiger partial charge >= 0.3 is 5.97 Å². The first-order valence-electron chi connectivity index (χ1n) is 8.37. The molecule has 25 heavy (non-hydrogen) atoms. The van der Waals surface area contributed by atoms with Crippen molar-refractivity contribution >= 4 is 29.1 Å². The van der Waals surface area contributed by atoms with E-state index >= 15 is 0 Å². The predicted octanol–water partition coefficient (Wildman–Crippen LogP) is 2.51. The predicted molar refractivity (Wildman–Crippen MR) is 93.9 cm³/mol. The maximum atomic E-state index is 12.7. The molecule has 2 fully saturated rings. The van der Waals surface area contributed by atoms with Crippen molar-refractivity contribution in [1.82, 2.24) is 10.9 Å². The minimum absolute atomic E-state index is 0.0449. The summed E-state index contributed by atoms with van der Waals surface area (Å²) in [4.78, 5) is 37.1. The van der Waals surface area contributed by atoms with Gasteiger partial charge in [0.05, 0.1) is 16.7 Å². The van der Waals surface area contributed by atoms with E-state index in [9.17, 15) is 19.5 Å². The van der Waals surface area contributed by atoms with Gasteiger partial charge in [0, 0.05) is 0 Å². The monoisotopic (exact) mass is 362 g/mol. The van der Waals surface area contributed by atoms with Gasteiger partial charge in [0.2, 0.25) is 5.91 Å². The minimum atomic E-state index is -0.938. The number of carbonyl (C=O) groups is 3. The number of hydrogen-bond donors (Lipinski definition) is 3. The van der Waals surface area contributed by atoms with E-state index in [4.69, 9.17) is 0 Å². The zero-order valence-electron chi connectivity index (χ0n) is 14.5. The van der Waals surface area contributed by atoms with Crippen LogP contribution in [0.3, 0.4) is 0 Å². The third-order valence-corrected chi connectivity index (χ3v) is 6.39. The smallest absolute Gasteiger partial charge is 0.307 e. The molecule has 1 aromatic heterocycles. The Kier molecular flexibility index (Phi) is 4.69. The highest BCUT2D eigenvalue weighted by atomic mass is 32.1. The fourth-order valence-electron chi connectivity index (χ4n) is 4.47. The van der Waals surface area contributed by atoms with Crippen LogP contribution >= 0.6 is 11.3 Å². The van der Waals surface area contributed by atoms with Crippen molar-refractivity contribution in [3.05, 3.63) is 33.0 Å². The lowest BCUT2D eigenvalue weighted by Crippen LogP contribution is -2.48. The Balaban J connectivity index is 1.75. The molecule has 3 rings (SSSR count). The second-order valence-corrected chi connectivity index (χ2v) is 7.93. The van der Waals surface area contributed by atoms with E-state index in [1.807, 2.05) is 32.2 Å². The van der Waals surface area contributed by atoms with E-state index in [-0.39, 0.29) is 17.7 Å². The van der Waals surface area contributed by atoms with E-state index in [2.05, 4.69) is 10.9 Å². The number of allylic oxidation sites excluding steroid dienone is 2. The van der Waals surface area contributed by atoms with Gasteiger partial charge in [-0.2, -0.15) is 0 Å². The molecule has 1 aromatic rings. The number of hydrogen-bond acceptors (Lipinski definition) is 4. The molecule has 7 heteroatoms. The first-order chi connectivity index (χ1) is 11.8. The molecular weight excluding hydrogens is 340 g/mol. The Morgan fingerprint density at radius 2 is 1.76 bits per heavy atom. The highest BCUT2D eigenvalue weighted by molar-refractivity contribution is 7.12. The number of aliphatic carboxylic acids is 1. The zero-order chi connectivity index (χ0) is 18.3. The molecule has 0 radical (unpaired) electrons. The molecule has 2 aliphatic carbocycles. The second-order valence-electron chi connectivity index (χ2n) is 7.01. The number of rotatable bonds is 3. The molecule has 6 nitrogen and oxygen atoms in total. The lowest BCUT2D eigenvalue weighted by molar-refractivity contribution is -0.149. The largest absolute Gasteiger partial charge is 0.481 e. The number of nitrogens with one attached hydrogen (secondary N) is 2. The molecule has 2 amide bonds. The molecule has 3 N–H and O–H groups in total. The molecule has 2 aliphatic rings. The number of aryl methyl sites for hydroxylation is 1. The summed E-state index contributed by atoms with van der Waals surface area (Å²) in [7, 11) is 0. The van der Waals surface area contributed by atoms with Gasteiger partial charge in [-0.1, -0.05) is 11.1 Å². The minimum Gasteiger partial charge on any atom is -0.481 e. The molecule has 0 spiro atoms. The number of thiophene rings is 1. The van der Waals surface area contributed by atoms with Gasteiger partial charge in [0.25, 0.3) is 5.91 Å². The van der Waals surface area contributed by atoms with Gasteiger partial charge in [-0.25, -0.2) is 0 Å². The first kappa shape index (κ1) is 17.7. The highest BCUT2D eigenvalue weighted by Gasteiger charge is 2.57. The maximum Gasteiger partial charge on any atom is 0.307 e. The van der Waals surface area contributed by atoms with Crippen LogP contribution < -0.4 is 10.9 Å². The fourth-order valence-corrected chi connectivity index (χ4v) is 5.29. The Morgan fingerprint density at radius 1 is 1.12 bits per heavy atom. The summed E-state index contributed by atoms with van der Waals surface area (Å²) in [6.45, 7) is 5.77. The highest BCUT2D eigenvalue weighted by Crippen LogP contribution is 2.57. The molecule has 0 aromatic carbocycles. The van der Waals surface area contributed by atoms with Gasteiger partial charge < -0.3 is 5.11 Å². The van der Waals surface area contributed by atoms with Crippen molar-refractivity contribution in [2.24, 2.45) is 23.7 Å². The number of carboxylic acid groups (broad SMARTS) is 1. The Hall–Kier alpha value is -2.15. The van der Waals surface area contributed by atoms with Crippen LogP contribution in [0.5, 0.6) is 0 Å². The second kappa shape index (κ2) is 6.63. The Morgan fingerprint density at radius 3 is 2.28 bits per heavy atom. The van der Waals surface area contributed by atoms with Gasteiger partial charge in [-0.15, -0.1) is 11.3 Å². The summed E-state index contributed by atoms with van der Waals surface area (Å²) in [6, 6.07) is 1.83. The quantitative estimate of drug-likeness (QED) is 0.569. The molecule has 2 saturated carbocycles. The van der Waals surface area contributed by atoms with Crippen LogP contribution in [-0.2, 0) is 9.59 Å². The molecule has 4 atom stereocenters. The summed E-state index contributed by atoms with van der Waals surface area (Å²) in [6.07, 6.45) is 1.64. The standard InChI is InChI=1S/C18H22N2O4S/c1-8(2)12-10-4-5-11(12)14(18(23)24)13(10)16(21)19-20-17(22)15-9(3)6-7-25-15/h6-7,10-11,13-14H,4-5H2,1-3H3,(H,19,21)(H,20,22)(H,23,24)/t10-,11+,13-,14+/m0/s1. The van der Waals surface area contributed by atoms with Gasteiger partial charge in [0.1, 0.15) is 0 Å². The normalized spacial score (nSPS) is 27.2. The topological polar surface area (TPSA) is 95.5 Å². The van der Waals surface area contributed by atoms with Crippen LogP contribution in [0.4, 0.5) is 0 Å². The summed E-state index contributed by atoms with van der Waals surface area (Å²) in [5.74, 6) is -3.20. The van der Waals surface area contributed by atoms with Crippen molar-refractivity contribution in [1.29, 1.82) is 0 Å². The molecular formula is C18H22N2O4S. The molecule has 134 valence electrons.